The second-order valence-electron chi connectivity index (χ2n) is 6.87. The number of thioether (sulfide) groups is 1. The molecule has 1 aromatic carbocycles. The zero-order valence-electron chi connectivity index (χ0n) is 14.7. The first-order valence-electron chi connectivity index (χ1n) is 9.00. The van der Waals surface area contributed by atoms with Crippen LogP contribution in [0.25, 0.3) is 0 Å². The molecule has 0 unspecified atom stereocenters. The van der Waals surface area contributed by atoms with E-state index in [2.05, 4.69) is 40.9 Å². The van der Waals surface area contributed by atoms with Crippen LogP contribution in [0.3, 0.4) is 0 Å². The summed E-state index contributed by atoms with van der Waals surface area (Å²) < 4.78 is 3.25. The summed E-state index contributed by atoms with van der Waals surface area (Å²) in [4.78, 5) is 14.7. The SMILES string of the molecule is Cc1cc(Br)ccc1NC(=O)CSc1nnc(N2CCCC2)n1C1CC1. The standard InChI is InChI=1S/C18H22BrN5OS/c1-12-10-13(19)4-7-15(12)20-16(25)11-26-18-22-21-17(23-8-2-3-9-23)24(18)14-5-6-14/h4,7,10,14H,2-3,5-6,8-9,11H2,1H3,(H,20,25). The van der Waals surface area contributed by atoms with Gasteiger partial charge in [-0.2, -0.15) is 0 Å². The van der Waals surface area contributed by atoms with Gasteiger partial charge in [0, 0.05) is 29.3 Å². The number of benzene rings is 1. The summed E-state index contributed by atoms with van der Waals surface area (Å²) >= 11 is 4.92. The van der Waals surface area contributed by atoms with Gasteiger partial charge >= 0.3 is 0 Å². The third-order valence-corrected chi connectivity index (χ3v) is 6.18. The zero-order valence-corrected chi connectivity index (χ0v) is 17.1. The van der Waals surface area contributed by atoms with Crippen molar-refractivity contribution in [2.45, 2.75) is 43.8 Å². The third-order valence-electron chi connectivity index (χ3n) is 4.74. The average Bonchev–Trinajstić information content (AvgIpc) is 3.14. The number of carbonyl (C=O) groups excluding carboxylic acids is 1. The lowest BCUT2D eigenvalue weighted by atomic mass is 10.2. The highest BCUT2D eigenvalue weighted by molar-refractivity contribution is 9.10. The van der Waals surface area contributed by atoms with Crippen molar-refractivity contribution in [2.24, 2.45) is 0 Å². The largest absolute Gasteiger partial charge is 0.341 e. The number of anilines is 2. The molecule has 2 fully saturated rings. The van der Waals surface area contributed by atoms with Crippen molar-refractivity contribution in [3.8, 4) is 0 Å². The number of aromatic nitrogens is 3. The Bertz CT molecular complexity index is 814. The van der Waals surface area contributed by atoms with Crippen LogP contribution in [-0.4, -0.2) is 39.5 Å². The molecule has 1 aromatic heterocycles. The van der Waals surface area contributed by atoms with Gasteiger partial charge in [-0.05, 0) is 56.4 Å². The van der Waals surface area contributed by atoms with E-state index in [9.17, 15) is 4.79 Å². The molecule has 1 amide bonds. The summed E-state index contributed by atoms with van der Waals surface area (Å²) in [6, 6.07) is 6.34. The van der Waals surface area contributed by atoms with Gasteiger partial charge in [-0.25, -0.2) is 0 Å². The highest BCUT2D eigenvalue weighted by Crippen LogP contribution is 2.41. The topological polar surface area (TPSA) is 63.1 Å². The number of nitrogens with zero attached hydrogens (tertiary/aromatic N) is 4. The highest BCUT2D eigenvalue weighted by Gasteiger charge is 2.32. The molecule has 0 radical (unpaired) electrons. The number of hydrogen-bond acceptors (Lipinski definition) is 5. The molecule has 0 spiro atoms. The molecule has 26 heavy (non-hydrogen) atoms. The summed E-state index contributed by atoms with van der Waals surface area (Å²) in [7, 11) is 0. The molecular weight excluding hydrogens is 414 g/mol. The second kappa shape index (κ2) is 7.60. The van der Waals surface area contributed by atoms with Crippen molar-refractivity contribution in [1.29, 1.82) is 0 Å². The van der Waals surface area contributed by atoms with E-state index in [-0.39, 0.29) is 5.91 Å². The van der Waals surface area contributed by atoms with Crippen LogP contribution in [0.5, 0.6) is 0 Å². The van der Waals surface area contributed by atoms with Gasteiger partial charge in [0.2, 0.25) is 11.9 Å². The smallest absolute Gasteiger partial charge is 0.234 e. The number of carbonyl (C=O) groups is 1. The summed E-state index contributed by atoms with van der Waals surface area (Å²) in [5, 5.41) is 12.6. The van der Waals surface area contributed by atoms with Gasteiger partial charge in [-0.3, -0.25) is 9.36 Å². The van der Waals surface area contributed by atoms with Crippen LogP contribution in [0.2, 0.25) is 0 Å². The van der Waals surface area contributed by atoms with E-state index in [1.807, 2.05) is 25.1 Å². The minimum absolute atomic E-state index is 0.0199. The van der Waals surface area contributed by atoms with Crippen molar-refractivity contribution >= 4 is 45.2 Å². The Balaban J connectivity index is 1.42. The van der Waals surface area contributed by atoms with Gasteiger partial charge in [-0.15, -0.1) is 10.2 Å². The highest BCUT2D eigenvalue weighted by atomic mass is 79.9. The molecule has 1 saturated carbocycles. The predicted molar refractivity (Wildman–Crippen MR) is 108 cm³/mol. The minimum atomic E-state index is -0.0199. The fourth-order valence-electron chi connectivity index (χ4n) is 3.24. The Morgan fingerprint density at radius 2 is 2.08 bits per heavy atom. The van der Waals surface area contributed by atoms with Crippen LogP contribution in [0, 0.1) is 6.92 Å². The first-order valence-corrected chi connectivity index (χ1v) is 10.8. The van der Waals surface area contributed by atoms with E-state index in [1.165, 1.54) is 37.4 Å². The Morgan fingerprint density at radius 3 is 2.77 bits per heavy atom. The molecule has 1 aliphatic heterocycles. The Kier molecular flexibility index (Phi) is 5.22. The van der Waals surface area contributed by atoms with Crippen molar-refractivity contribution in [3.63, 3.8) is 0 Å². The molecule has 2 heterocycles. The van der Waals surface area contributed by atoms with Crippen LogP contribution in [0.1, 0.15) is 37.3 Å². The van der Waals surface area contributed by atoms with Crippen molar-refractivity contribution in [1.82, 2.24) is 14.8 Å². The summed E-state index contributed by atoms with van der Waals surface area (Å²) in [5.41, 5.74) is 1.88. The molecule has 8 heteroatoms. The Morgan fingerprint density at radius 1 is 1.31 bits per heavy atom. The van der Waals surface area contributed by atoms with Gasteiger partial charge in [0.1, 0.15) is 0 Å². The van der Waals surface area contributed by atoms with Crippen molar-refractivity contribution in [2.75, 3.05) is 29.1 Å². The minimum Gasteiger partial charge on any atom is -0.341 e. The molecule has 0 atom stereocenters. The van der Waals surface area contributed by atoms with Crippen molar-refractivity contribution in [3.05, 3.63) is 28.2 Å². The second-order valence-corrected chi connectivity index (χ2v) is 8.73. The summed E-state index contributed by atoms with van der Waals surface area (Å²) in [6.07, 6.45) is 4.79. The van der Waals surface area contributed by atoms with Crippen LogP contribution in [-0.2, 0) is 4.79 Å². The normalized spacial score (nSPS) is 16.9. The molecule has 138 valence electrons. The van der Waals surface area contributed by atoms with Crippen LogP contribution in [0.4, 0.5) is 11.6 Å². The molecule has 1 saturated heterocycles. The van der Waals surface area contributed by atoms with E-state index in [4.69, 9.17) is 0 Å². The predicted octanol–water partition coefficient (Wildman–Crippen LogP) is 4.01. The fourth-order valence-corrected chi connectivity index (χ4v) is 4.51. The van der Waals surface area contributed by atoms with Crippen LogP contribution in [0.15, 0.2) is 27.8 Å². The molecule has 1 aliphatic carbocycles. The number of hydrogen-bond donors (Lipinski definition) is 1. The van der Waals surface area contributed by atoms with E-state index in [0.717, 1.165) is 39.9 Å². The third kappa shape index (κ3) is 3.91. The van der Waals surface area contributed by atoms with Gasteiger partial charge < -0.3 is 10.2 Å². The van der Waals surface area contributed by atoms with Gasteiger partial charge in [0.15, 0.2) is 5.16 Å². The molecule has 2 aromatic rings. The summed E-state index contributed by atoms with van der Waals surface area (Å²) in [6.45, 7) is 4.09. The number of halogens is 1. The Labute approximate surface area is 165 Å². The van der Waals surface area contributed by atoms with E-state index >= 15 is 0 Å². The average molecular weight is 436 g/mol. The lowest BCUT2D eigenvalue weighted by Crippen LogP contribution is -2.22. The molecular formula is C18H22BrN5OS. The van der Waals surface area contributed by atoms with E-state index in [1.54, 1.807) is 0 Å². The maximum Gasteiger partial charge on any atom is 0.234 e. The molecule has 6 nitrogen and oxygen atoms in total. The van der Waals surface area contributed by atoms with Crippen molar-refractivity contribution < 1.29 is 4.79 Å². The zero-order chi connectivity index (χ0) is 18.1. The number of aryl methyl sites for hydroxylation is 1. The lowest BCUT2D eigenvalue weighted by molar-refractivity contribution is -0.113. The first kappa shape index (κ1) is 17.9. The van der Waals surface area contributed by atoms with Gasteiger partial charge in [0.05, 0.1) is 5.75 Å². The quantitative estimate of drug-likeness (QED) is 0.694. The first-order chi connectivity index (χ1) is 12.6. The number of nitrogens with one attached hydrogen (secondary N) is 1. The molecule has 4 rings (SSSR count). The lowest BCUT2D eigenvalue weighted by Gasteiger charge is -2.17. The Hall–Kier alpha value is -1.54. The fraction of sp³-hybridized carbons (Fsp3) is 0.500. The number of amides is 1. The maximum absolute atomic E-state index is 12.4. The van der Waals surface area contributed by atoms with Crippen LogP contribution < -0.4 is 10.2 Å². The molecule has 2 aliphatic rings. The summed E-state index contributed by atoms with van der Waals surface area (Å²) in [5.74, 6) is 1.30. The van der Waals surface area contributed by atoms with Gasteiger partial charge in [0.25, 0.3) is 0 Å². The number of rotatable bonds is 6. The van der Waals surface area contributed by atoms with E-state index < -0.39 is 0 Å². The van der Waals surface area contributed by atoms with Crippen LogP contribution >= 0.6 is 27.7 Å². The molecule has 1 N–H and O–H groups in total. The van der Waals surface area contributed by atoms with E-state index in [0.29, 0.717) is 11.8 Å². The maximum atomic E-state index is 12.4. The van der Waals surface area contributed by atoms with Gasteiger partial charge in [-0.1, -0.05) is 27.7 Å². The molecule has 0 bridgehead atoms. The monoisotopic (exact) mass is 435 g/mol.